The van der Waals surface area contributed by atoms with Crippen LogP contribution in [0.25, 0.3) is 0 Å². The molecule has 3 aromatic rings. The highest BCUT2D eigenvalue weighted by molar-refractivity contribution is 7.15. The molecule has 0 radical (unpaired) electrons. The molecule has 1 fully saturated rings. The van der Waals surface area contributed by atoms with Gasteiger partial charge in [0.15, 0.2) is 5.13 Å². The minimum Gasteiger partial charge on any atom is -0.488 e. The van der Waals surface area contributed by atoms with Crippen molar-refractivity contribution < 1.29 is 33.3 Å². The molecule has 0 spiro atoms. The molecule has 1 aromatic heterocycles. The molecule has 0 unspecified atom stereocenters. The van der Waals surface area contributed by atoms with E-state index in [1.54, 1.807) is 59.4 Å². The Balaban J connectivity index is 1.31. The fourth-order valence-electron chi connectivity index (χ4n) is 4.73. The van der Waals surface area contributed by atoms with Crippen LogP contribution in [0.2, 0.25) is 0 Å². The molecule has 2 aromatic carbocycles. The number of hydrogen-bond acceptors (Lipinski definition) is 9. The number of benzene rings is 2. The average molecular weight is 623 g/mol. The maximum absolute atomic E-state index is 13.4. The van der Waals surface area contributed by atoms with Gasteiger partial charge in [-0.25, -0.2) is 9.78 Å². The SMILES string of the molecule is COC[C@H](C)Oc1cc(Oc2ccc(C(=O)N3CCC3)cc2)cc(C(=O)Nc2nc3c(s2)CN(C(=O)OC(C)(C)C)CC3)c1. The molecule has 3 amide bonds. The van der Waals surface area contributed by atoms with Crippen LogP contribution in [-0.4, -0.2) is 77.7 Å². The maximum atomic E-state index is 13.4. The van der Waals surface area contributed by atoms with Crippen molar-refractivity contribution in [3.63, 3.8) is 0 Å². The summed E-state index contributed by atoms with van der Waals surface area (Å²) < 4.78 is 22.8. The van der Waals surface area contributed by atoms with Crippen LogP contribution < -0.4 is 14.8 Å². The van der Waals surface area contributed by atoms with Gasteiger partial charge < -0.3 is 28.7 Å². The van der Waals surface area contributed by atoms with Gasteiger partial charge in [-0.3, -0.25) is 14.9 Å². The molecule has 1 atom stereocenters. The molecule has 234 valence electrons. The Labute approximate surface area is 261 Å². The standard InChI is InChI=1S/C32H38N4O7S/c1-20(19-40-5)41-24-15-22(16-25(17-24)42-23-9-7-21(8-10-23)29(38)35-12-6-13-35)28(37)34-30-33-26-11-14-36(18-27(26)44-30)31(39)43-32(2,3)4/h7-10,15-17,20H,6,11-14,18-19H2,1-5H3,(H,33,34,37)/t20-/m0/s1. The Morgan fingerprint density at radius 2 is 1.70 bits per heavy atom. The first-order valence-corrected chi connectivity index (χ1v) is 15.4. The predicted octanol–water partition coefficient (Wildman–Crippen LogP) is 5.74. The molecule has 11 nitrogen and oxygen atoms in total. The van der Waals surface area contributed by atoms with E-state index in [9.17, 15) is 14.4 Å². The molecule has 44 heavy (non-hydrogen) atoms. The lowest BCUT2D eigenvalue weighted by molar-refractivity contribution is 0.0225. The largest absolute Gasteiger partial charge is 0.488 e. The number of aromatic nitrogens is 1. The number of amides is 3. The van der Waals surface area contributed by atoms with Crippen LogP contribution in [0.1, 0.15) is 65.4 Å². The Hall–Kier alpha value is -4.16. The summed E-state index contributed by atoms with van der Waals surface area (Å²) in [6.45, 7) is 10.2. The molecule has 12 heteroatoms. The van der Waals surface area contributed by atoms with Gasteiger partial charge in [0, 0.05) is 55.2 Å². The molecule has 3 heterocycles. The summed E-state index contributed by atoms with van der Waals surface area (Å²) in [6, 6.07) is 11.9. The van der Waals surface area contributed by atoms with E-state index in [1.165, 1.54) is 11.3 Å². The molecule has 1 saturated heterocycles. The molecular weight excluding hydrogens is 584 g/mol. The number of thiazole rings is 1. The van der Waals surface area contributed by atoms with Crippen LogP contribution >= 0.6 is 11.3 Å². The summed E-state index contributed by atoms with van der Waals surface area (Å²) >= 11 is 1.33. The van der Waals surface area contributed by atoms with E-state index >= 15 is 0 Å². The van der Waals surface area contributed by atoms with Crippen LogP contribution in [0.15, 0.2) is 42.5 Å². The number of nitrogens with one attached hydrogen (secondary N) is 1. The Bertz CT molecular complexity index is 1510. The summed E-state index contributed by atoms with van der Waals surface area (Å²) in [7, 11) is 1.59. The fourth-order valence-corrected chi connectivity index (χ4v) is 5.75. The molecule has 5 rings (SSSR count). The second-order valence-electron chi connectivity index (χ2n) is 11.8. The number of fused-ring (bicyclic) bond motifs is 1. The van der Waals surface area contributed by atoms with E-state index in [0.29, 0.717) is 59.6 Å². The van der Waals surface area contributed by atoms with Gasteiger partial charge in [0.2, 0.25) is 0 Å². The van der Waals surface area contributed by atoms with Crippen molar-refractivity contribution in [1.82, 2.24) is 14.8 Å². The molecule has 0 saturated carbocycles. The summed E-state index contributed by atoms with van der Waals surface area (Å²) in [5.74, 6) is 0.968. The van der Waals surface area contributed by atoms with Gasteiger partial charge in [0.05, 0.1) is 18.8 Å². The first kappa shape index (κ1) is 31.3. The Morgan fingerprint density at radius 1 is 0.977 bits per heavy atom. The smallest absolute Gasteiger partial charge is 0.410 e. The van der Waals surface area contributed by atoms with Crippen LogP contribution in [0.5, 0.6) is 17.2 Å². The number of nitrogens with zero attached hydrogens (tertiary/aromatic N) is 3. The minimum absolute atomic E-state index is 0.00528. The topological polar surface area (TPSA) is 120 Å². The highest BCUT2D eigenvalue weighted by Gasteiger charge is 2.28. The summed E-state index contributed by atoms with van der Waals surface area (Å²) in [4.78, 5) is 47.5. The fraction of sp³-hybridized carbons (Fsp3) is 0.438. The van der Waals surface area contributed by atoms with Crippen molar-refractivity contribution in [3.05, 3.63) is 64.2 Å². The number of carbonyl (C=O) groups excluding carboxylic acids is 3. The van der Waals surface area contributed by atoms with Crippen molar-refractivity contribution in [3.8, 4) is 17.2 Å². The van der Waals surface area contributed by atoms with E-state index in [0.717, 1.165) is 30.1 Å². The second kappa shape index (κ2) is 13.2. The zero-order valence-electron chi connectivity index (χ0n) is 25.7. The normalized spacial score (nSPS) is 15.1. The van der Waals surface area contributed by atoms with Gasteiger partial charge >= 0.3 is 6.09 Å². The number of methoxy groups -OCH3 is 1. The van der Waals surface area contributed by atoms with E-state index in [1.807, 2.05) is 27.7 Å². The van der Waals surface area contributed by atoms with Crippen molar-refractivity contribution in [2.45, 2.75) is 58.8 Å². The maximum Gasteiger partial charge on any atom is 0.410 e. The summed E-state index contributed by atoms with van der Waals surface area (Å²) in [5, 5.41) is 3.33. The van der Waals surface area contributed by atoms with Crippen LogP contribution in [0, 0.1) is 0 Å². The lowest BCUT2D eigenvalue weighted by Crippen LogP contribution is -2.41. The van der Waals surface area contributed by atoms with Crippen molar-refractivity contribution >= 4 is 34.4 Å². The number of anilines is 1. The van der Waals surface area contributed by atoms with Gasteiger partial charge in [-0.15, -0.1) is 0 Å². The van der Waals surface area contributed by atoms with Crippen LogP contribution in [-0.2, 0) is 22.4 Å². The lowest BCUT2D eigenvalue weighted by Gasteiger charge is -2.30. The molecule has 0 aliphatic carbocycles. The van der Waals surface area contributed by atoms with Gasteiger partial charge in [-0.1, -0.05) is 11.3 Å². The predicted molar refractivity (Wildman–Crippen MR) is 166 cm³/mol. The molecule has 1 N–H and O–H groups in total. The van der Waals surface area contributed by atoms with Gasteiger partial charge in [0.25, 0.3) is 11.8 Å². The first-order chi connectivity index (χ1) is 21.0. The summed E-state index contributed by atoms with van der Waals surface area (Å²) in [5.41, 5.74) is 1.19. The zero-order valence-corrected chi connectivity index (χ0v) is 26.5. The van der Waals surface area contributed by atoms with Gasteiger partial charge in [-0.2, -0.15) is 0 Å². The number of ether oxygens (including phenoxy) is 4. The minimum atomic E-state index is -0.581. The van der Waals surface area contributed by atoms with E-state index < -0.39 is 5.60 Å². The quantitative estimate of drug-likeness (QED) is 0.321. The second-order valence-corrected chi connectivity index (χ2v) is 12.9. The van der Waals surface area contributed by atoms with Crippen molar-refractivity contribution in [1.29, 1.82) is 0 Å². The van der Waals surface area contributed by atoms with Gasteiger partial charge in [-0.05, 0) is 70.5 Å². The van der Waals surface area contributed by atoms with Crippen molar-refractivity contribution in [2.75, 3.05) is 38.7 Å². The number of likely N-dealkylation sites (tertiary alicyclic amines) is 1. The van der Waals surface area contributed by atoms with E-state index in [-0.39, 0.29) is 24.0 Å². The average Bonchev–Trinajstić information content (AvgIpc) is 3.33. The molecular formula is C32H38N4O7S. The lowest BCUT2D eigenvalue weighted by atomic mass is 10.1. The Kier molecular flexibility index (Phi) is 9.40. The first-order valence-electron chi connectivity index (χ1n) is 14.6. The molecule has 0 bridgehead atoms. The number of carbonyl (C=O) groups is 3. The molecule has 2 aliphatic heterocycles. The third-order valence-electron chi connectivity index (χ3n) is 6.96. The Morgan fingerprint density at radius 3 is 2.36 bits per heavy atom. The van der Waals surface area contributed by atoms with Crippen molar-refractivity contribution in [2.24, 2.45) is 0 Å². The zero-order chi connectivity index (χ0) is 31.4. The highest BCUT2D eigenvalue weighted by Crippen LogP contribution is 2.32. The summed E-state index contributed by atoms with van der Waals surface area (Å²) in [6.07, 6.45) is 0.965. The van der Waals surface area contributed by atoms with E-state index in [4.69, 9.17) is 18.9 Å². The highest BCUT2D eigenvalue weighted by atomic mass is 32.1. The number of hydrogen-bond donors (Lipinski definition) is 1. The van der Waals surface area contributed by atoms with Crippen LogP contribution in [0.4, 0.5) is 9.93 Å². The third kappa shape index (κ3) is 7.86. The number of rotatable bonds is 9. The van der Waals surface area contributed by atoms with Crippen LogP contribution in [0.3, 0.4) is 0 Å². The monoisotopic (exact) mass is 622 g/mol. The van der Waals surface area contributed by atoms with Gasteiger partial charge in [0.1, 0.15) is 29.0 Å². The third-order valence-corrected chi connectivity index (χ3v) is 7.96. The molecule has 2 aliphatic rings. The van der Waals surface area contributed by atoms with E-state index in [2.05, 4.69) is 10.3 Å².